The van der Waals surface area contributed by atoms with Gasteiger partial charge in [-0.3, -0.25) is 9.35 Å². The minimum absolute atomic E-state index is 0.140. The highest BCUT2D eigenvalue weighted by Crippen LogP contribution is 2.18. The zero-order valence-corrected chi connectivity index (χ0v) is 15.8. The van der Waals surface area contributed by atoms with Gasteiger partial charge in [0.2, 0.25) is 0 Å². The molecule has 0 fully saturated rings. The van der Waals surface area contributed by atoms with Crippen LogP contribution < -0.4 is 0 Å². The third-order valence-corrected chi connectivity index (χ3v) is 5.11. The lowest BCUT2D eigenvalue weighted by molar-refractivity contribution is -0.137. The molecule has 0 radical (unpaired) electrons. The molecule has 2 N–H and O–H groups in total. The Hall–Kier alpha value is -0.880. The summed E-state index contributed by atoms with van der Waals surface area (Å²) >= 11 is 0. The normalized spacial score (nSPS) is 12.5. The van der Waals surface area contributed by atoms with Crippen molar-refractivity contribution in [1.29, 1.82) is 0 Å². The smallest absolute Gasteiger partial charge is 0.303 e. The van der Waals surface area contributed by atoms with Gasteiger partial charge in [-0.1, -0.05) is 64.4 Å². The summed E-state index contributed by atoms with van der Waals surface area (Å²) in [5, 5.41) is 8.54. The van der Waals surface area contributed by atoms with Crippen molar-refractivity contribution in [1.82, 2.24) is 0 Å². The predicted octanol–water partition coefficient (Wildman–Crippen LogP) is 5.32. The lowest BCUT2D eigenvalue weighted by atomic mass is 10.1. The SMILES string of the molecule is CCCCCCCCC=C(CCCCCCCC(=O)O)S(=O)(=O)O. The van der Waals surface area contributed by atoms with Gasteiger partial charge >= 0.3 is 5.97 Å². The van der Waals surface area contributed by atoms with Crippen LogP contribution >= 0.6 is 0 Å². The molecular formula is C18H34O5S. The highest BCUT2D eigenvalue weighted by molar-refractivity contribution is 7.89. The van der Waals surface area contributed by atoms with Gasteiger partial charge in [0.05, 0.1) is 4.91 Å². The number of carbonyl (C=O) groups is 1. The van der Waals surface area contributed by atoms with Crippen molar-refractivity contribution in [2.24, 2.45) is 0 Å². The number of unbranched alkanes of at least 4 members (excludes halogenated alkanes) is 10. The number of rotatable bonds is 16. The van der Waals surface area contributed by atoms with Gasteiger partial charge < -0.3 is 5.11 Å². The first-order valence-corrected chi connectivity index (χ1v) is 10.7. The predicted molar refractivity (Wildman–Crippen MR) is 97.6 cm³/mol. The number of carboxylic acids is 1. The van der Waals surface area contributed by atoms with Crippen LogP contribution in [0.3, 0.4) is 0 Å². The Bertz CT molecular complexity index is 454. The molecule has 6 heteroatoms. The van der Waals surface area contributed by atoms with E-state index in [1.807, 2.05) is 0 Å². The van der Waals surface area contributed by atoms with Crippen LogP contribution in [0.25, 0.3) is 0 Å². The molecule has 0 saturated carbocycles. The van der Waals surface area contributed by atoms with E-state index >= 15 is 0 Å². The van der Waals surface area contributed by atoms with Crippen molar-refractivity contribution in [2.45, 2.75) is 96.8 Å². The molecule has 0 aromatic rings. The zero-order valence-electron chi connectivity index (χ0n) is 15.0. The van der Waals surface area contributed by atoms with Gasteiger partial charge in [-0.25, -0.2) is 0 Å². The molecule has 0 aromatic carbocycles. The molecule has 0 unspecified atom stereocenters. The summed E-state index contributed by atoms with van der Waals surface area (Å²) < 4.78 is 32.1. The van der Waals surface area contributed by atoms with Crippen LogP contribution in [0.1, 0.15) is 96.8 Å². The van der Waals surface area contributed by atoms with E-state index in [1.54, 1.807) is 6.08 Å². The number of aliphatic carboxylic acids is 1. The molecule has 0 atom stereocenters. The molecule has 0 saturated heterocycles. The molecule has 0 bridgehead atoms. The maximum atomic E-state index is 11.4. The van der Waals surface area contributed by atoms with Crippen LogP contribution in [-0.4, -0.2) is 24.0 Å². The highest BCUT2D eigenvalue weighted by Gasteiger charge is 2.12. The number of hydrogen-bond acceptors (Lipinski definition) is 3. The Balaban J connectivity index is 3.94. The van der Waals surface area contributed by atoms with Gasteiger partial charge in [-0.15, -0.1) is 0 Å². The van der Waals surface area contributed by atoms with Crippen LogP contribution in [-0.2, 0) is 14.9 Å². The Morgan fingerprint density at radius 1 is 0.833 bits per heavy atom. The van der Waals surface area contributed by atoms with Crippen molar-refractivity contribution in [3.63, 3.8) is 0 Å². The van der Waals surface area contributed by atoms with E-state index in [1.165, 1.54) is 25.7 Å². The van der Waals surface area contributed by atoms with Gasteiger partial charge in [0.1, 0.15) is 0 Å². The second-order valence-corrected chi connectivity index (χ2v) is 7.84. The largest absolute Gasteiger partial charge is 0.481 e. The van der Waals surface area contributed by atoms with Crippen molar-refractivity contribution < 1.29 is 22.9 Å². The van der Waals surface area contributed by atoms with Gasteiger partial charge in [0, 0.05) is 6.42 Å². The van der Waals surface area contributed by atoms with Crippen LogP contribution in [0.5, 0.6) is 0 Å². The Morgan fingerprint density at radius 3 is 1.88 bits per heavy atom. The Morgan fingerprint density at radius 2 is 1.33 bits per heavy atom. The maximum Gasteiger partial charge on any atom is 0.303 e. The van der Waals surface area contributed by atoms with Crippen LogP contribution in [0.2, 0.25) is 0 Å². The van der Waals surface area contributed by atoms with Gasteiger partial charge in [-0.2, -0.15) is 8.42 Å². The van der Waals surface area contributed by atoms with Crippen molar-refractivity contribution >= 4 is 16.1 Å². The molecule has 0 heterocycles. The lowest BCUT2D eigenvalue weighted by Gasteiger charge is -2.05. The molecule has 0 spiro atoms. The third kappa shape index (κ3) is 14.7. The molecule has 0 rings (SSSR count). The highest BCUT2D eigenvalue weighted by atomic mass is 32.2. The summed E-state index contributed by atoms with van der Waals surface area (Å²) in [6.45, 7) is 2.17. The molecular weight excluding hydrogens is 328 g/mol. The summed E-state index contributed by atoms with van der Waals surface area (Å²) in [6, 6.07) is 0. The number of hydrogen-bond donors (Lipinski definition) is 2. The summed E-state index contributed by atoms with van der Waals surface area (Å²) in [5.41, 5.74) is 0. The van der Waals surface area contributed by atoms with E-state index < -0.39 is 16.1 Å². The molecule has 24 heavy (non-hydrogen) atoms. The summed E-state index contributed by atoms with van der Waals surface area (Å²) in [5.74, 6) is -0.777. The number of carboxylic acid groups (broad SMARTS) is 1. The first-order chi connectivity index (χ1) is 11.4. The lowest BCUT2D eigenvalue weighted by Crippen LogP contribution is -2.02. The second kappa shape index (κ2) is 14.5. The summed E-state index contributed by atoms with van der Waals surface area (Å²) in [7, 11) is -4.09. The average Bonchev–Trinajstić information content (AvgIpc) is 2.49. The van der Waals surface area contributed by atoms with Gasteiger partial charge in [-0.05, 0) is 32.1 Å². The molecule has 0 aliphatic carbocycles. The van der Waals surface area contributed by atoms with E-state index in [9.17, 15) is 17.8 Å². The van der Waals surface area contributed by atoms with E-state index in [-0.39, 0.29) is 11.3 Å². The van der Waals surface area contributed by atoms with Gasteiger partial charge in [0.15, 0.2) is 0 Å². The Kier molecular flexibility index (Phi) is 13.9. The fourth-order valence-electron chi connectivity index (χ4n) is 2.63. The summed E-state index contributed by atoms with van der Waals surface area (Å²) in [6.07, 6.45) is 13.8. The minimum Gasteiger partial charge on any atom is -0.481 e. The monoisotopic (exact) mass is 362 g/mol. The first-order valence-electron chi connectivity index (χ1n) is 9.26. The second-order valence-electron chi connectivity index (χ2n) is 6.36. The Labute approximate surface area is 147 Å². The maximum absolute atomic E-state index is 11.4. The van der Waals surface area contributed by atoms with E-state index in [4.69, 9.17) is 5.11 Å². The van der Waals surface area contributed by atoms with E-state index in [2.05, 4.69) is 6.92 Å². The van der Waals surface area contributed by atoms with Crippen molar-refractivity contribution in [3.05, 3.63) is 11.0 Å². The van der Waals surface area contributed by atoms with Crippen molar-refractivity contribution in [2.75, 3.05) is 0 Å². The van der Waals surface area contributed by atoms with E-state index in [0.29, 0.717) is 25.7 Å². The van der Waals surface area contributed by atoms with E-state index in [0.717, 1.165) is 32.1 Å². The fraction of sp³-hybridized carbons (Fsp3) is 0.833. The minimum atomic E-state index is -4.09. The molecule has 0 amide bonds. The molecule has 0 aliphatic rings. The molecule has 0 aromatic heterocycles. The topological polar surface area (TPSA) is 91.7 Å². The van der Waals surface area contributed by atoms with Crippen LogP contribution in [0.15, 0.2) is 11.0 Å². The fourth-order valence-corrected chi connectivity index (χ4v) is 3.36. The first kappa shape index (κ1) is 23.1. The zero-order chi connectivity index (χ0) is 18.3. The third-order valence-electron chi connectivity index (χ3n) is 4.07. The van der Waals surface area contributed by atoms with Crippen molar-refractivity contribution in [3.8, 4) is 0 Å². The molecule has 142 valence electrons. The molecule has 5 nitrogen and oxygen atoms in total. The van der Waals surface area contributed by atoms with Gasteiger partial charge in [0.25, 0.3) is 10.1 Å². The average molecular weight is 363 g/mol. The number of allylic oxidation sites excluding steroid dienone is 2. The summed E-state index contributed by atoms with van der Waals surface area (Å²) in [4.78, 5) is 10.5. The quantitative estimate of drug-likeness (QED) is 0.286. The molecule has 0 aliphatic heterocycles. The van der Waals surface area contributed by atoms with Crippen LogP contribution in [0, 0.1) is 0 Å². The van der Waals surface area contributed by atoms with Crippen LogP contribution in [0.4, 0.5) is 0 Å². The standard InChI is InChI=1S/C18H34O5S/c1-2-3-4-5-6-8-11-14-17(24(21,22)23)15-12-9-7-10-13-16-18(19)20/h14H,2-13,15-16H2,1H3,(H,19,20)(H,21,22,23).